The number of aromatic nitrogens is 2. The molecular formula is C14H17BrClN3. The van der Waals surface area contributed by atoms with Crippen molar-refractivity contribution >= 4 is 27.5 Å². The molecular weight excluding hydrogens is 326 g/mol. The second kappa shape index (κ2) is 6.07. The highest BCUT2D eigenvalue weighted by atomic mass is 79.9. The topological polar surface area (TPSA) is 43.8 Å². The van der Waals surface area contributed by atoms with E-state index >= 15 is 0 Å². The zero-order valence-corrected chi connectivity index (χ0v) is 13.4. The second-order valence-electron chi connectivity index (χ2n) is 4.52. The summed E-state index contributed by atoms with van der Waals surface area (Å²) in [4.78, 5) is 0. The molecule has 0 saturated carbocycles. The number of nitrogens with zero attached hydrogens (tertiary/aromatic N) is 2. The molecule has 2 rings (SSSR count). The Kier molecular flexibility index (Phi) is 4.66. The number of hydrogen-bond donors (Lipinski definition) is 1. The predicted molar refractivity (Wildman–Crippen MR) is 82.4 cm³/mol. The van der Waals surface area contributed by atoms with Crippen LogP contribution < -0.4 is 5.73 Å². The van der Waals surface area contributed by atoms with Gasteiger partial charge in [0.1, 0.15) is 0 Å². The summed E-state index contributed by atoms with van der Waals surface area (Å²) in [5.41, 5.74) is 9.50. The highest BCUT2D eigenvalue weighted by molar-refractivity contribution is 9.10. The average molecular weight is 343 g/mol. The fraction of sp³-hybridized carbons (Fsp3) is 0.357. The van der Waals surface area contributed by atoms with Crippen molar-refractivity contribution < 1.29 is 0 Å². The summed E-state index contributed by atoms with van der Waals surface area (Å²) in [5, 5.41) is 5.21. The molecule has 1 heterocycles. The Balaban J connectivity index is 2.23. The molecule has 0 saturated heterocycles. The van der Waals surface area contributed by atoms with E-state index < -0.39 is 0 Å². The molecule has 1 unspecified atom stereocenters. The van der Waals surface area contributed by atoms with Crippen LogP contribution in [0.3, 0.4) is 0 Å². The molecule has 19 heavy (non-hydrogen) atoms. The van der Waals surface area contributed by atoms with Gasteiger partial charge in [-0.1, -0.05) is 23.7 Å². The smallest absolute Gasteiger partial charge is 0.0738 e. The van der Waals surface area contributed by atoms with Crippen LogP contribution in [-0.4, -0.2) is 9.78 Å². The molecule has 3 nitrogen and oxygen atoms in total. The lowest BCUT2D eigenvalue weighted by molar-refractivity contribution is 0.586. The van der Waals surface area contributed by atoms with Crippen molar-refractivity contribution in [3.8, 4) is 0 Å². The number of aryl methyl sites for hydroxylation is 2. The van der Waals surface area contributed by atoms with Crippen molar-refractivity contribution in [3.63, 3.8) is 0 Å². The van der Waals surface area contributed by atoms with Crippen molar-refractivity contribution in [3.05, 3.63) is 50.7 Å². The fourth-order valence-electron chi connectivity index (χ4n) is 2.10. The minimum Gasteiger partial charge on any atom is -0.324 e. The van der Waals surface area contributed by atoms with Crippen LogP contribution >= 0.6 is 27.5 Å². The van der Waals surface area contributed by atoms with Gasteiger partial charge in [-0.2, -0.15) is 5.10 Å². The number of nitrogens with two attached hydrogens (primary N) is 1. The Hall–Kier alpha value is -0.840. The molecule has 0 aliphatic carbocycles. The first-order chi connectivity index (χ1) is 9.02. The van der Waals surface area contributed by atoms with Gasteiger partial charge in [0.05, 0.1) is 15.9 Å². The summed E-state index contributed by atoms with van der Waals surface area (Å²) in [7, 11) is 0. The van der Waals surface area contributed by atoms with Gasteiger partial charge in [-0.05, 0) is 47.5 Å². The van der Waals surface area contributed by atoms with E-state index in [0.717, 1.165) is 39.4 Å². The van der Waals surface area contributed by atoms with E-state index in [2.05, 4.69) is 28.0 Å². The van der Waals surface area contributed by atoms with Gasteiger partial charge < -0.3 is 5.73 Å². The monoisotopic (exact) mass is 341 g/mol. The molecule has 1 aromatic carbocycles. The Morgan fingerprint density at radius 2 is 2.00 bits per heavy atom. The molecule has 0 aliphatic rings. The minimum absolute atomic E-state index is 0.0602. The average Bonchev–Trinajstić information content (AvgIpc) is 2.67. The third-order valence-corrected chi connectivity index (χ3v) is 4.45. The van der Waals surface area contributed by atoms with Gasteiger partial charge in [-0.25, -0.2) is 0 Å². The van der Waals surface area contributed by atoms with Crippen molar-refractivity contribution in [1.82, 2.24) is 9.78 Å². The van der Waals surface area contributed by atoms with E-state index in [1.54, 1.807) is 0 Å². The molecule has 5 heteroatoms. The third kappa shape index (κ3) is 3.19. The van der Waals surface area contributed by atoms with Crippen molar-refractivity contribution in [2.24, 2.45) is 5.73 Å². The van der Waals surface area contributed by atoms with Crippen molar-refractivity contribution in [2.45, 2.75) is 32.9 Å². The molecule has 1 aromatic heterocycles. The molecule has 0 fully saturated rings. The maximum Gasteiger partial charge on any atom is 0.0738 e. The molecule has 2 N–H and O–H groups in total. The van der Waals surface area contributed by atoms with E-state index in [0.29, 0.717) is 0 Å². The summed E-state index contributed by atoms with van der Waals surface area (Å²) >= 11 is 9.48. The predicted octanol–water partition coefficient (Wildman–Crippen LogP) is 3.87. The molecule has 0 bridgehead atoms. The maximum absolute atomic E-state index is 6.27. The molecule has 0 amide bonds. The van der Waals surface area contributed by atoms with E-state index in [1.165, 1.54) is 0 Å². The Bertz CT molecular complexity index is 563. The Labute approximate surface area is 126 Å². The third-order valence-electron chi connectivity index (χ3n) is 3.16. The number of benzene rings is 1. The van der Waals surface area contributed by atoms with Crippen LogP contribution in [0.25, 0.3) is 0 Å². The Morgan fingerprint density at radius 1 is 1.37 bits per heavy atom. The molecule has 2 aromatic rings. The standard InChI is InChI=1S/C14H17BrClN3/c1-3-19-13(14(15)9(2)18-19)8-12(17)10-4-6-11(16)7-5-10/h4-7,12H,3,8,17H2,1-2H3. The fourth-order valence-corrected chi connectivity index (χ4v) is 2.67. The quantitative estimate of drug-likeness (QED) is 0.916. The van der Waals surface area contributed by atoms with E-state index in [1.807, 2.05) is 35.9 Å². The highest BCUT2D eigenvalue weighted by Crippen LogP contribution is 2.26. The minimum atomic E-state index is -0.0602. The molecule has 0 spiro atoms. The van der Waals surface area contributed by atoms with Gasteiger partial charge in [-0.3, -0.25) is 4.68 Å². The highest BCUT2D eigenvalue weighted by Gasteiger charge is 2.16. The first-order valence-corrected chi connectivity index (χ1v) is 7.42. The maximum atomic E-state index is 6.27. The van der Waals surface area contributed by atoms with Crippen LogP contribution in [0.2, 0.25) is 5.02 Å². The van der Waals surface area contributed by atoms with Crippen LogP contribution in [0.15, 0.2) is 28.7 Å². The zero-order chi connectivity index (χ0) is 14.0. The molecule has 1 atom stereocenters. The molecule has 102 valence electrons. The SMILES string of the molecule is CCn1nc(C)c(Br)c1CC(N)c1ccc(Cl)cc1. The van der Waals surface area contributed by atoms with E-state index in [9.17, 15) is 0 Å². The van der Waals surface area contributed by atoms with E-state index in [-0.39, 0.29) is 6.04 Å². The first-order valence-electron chi connectivity index (χ1n) is 6.25. The summed E-state index contributed by atoms with van der Waals surface area (Å²) < 4.78 is 3.05. The summed E-state index contributed by atoms with van der Waals surface area (Å²) in [5.74, 6) is 0. The number of rotatable bonds is 4. The van der Waals surface area contributed by atoms with E-state index in [4.69, 9.17) is 17.3 Å². The van der Waals surface area contributed by atoms with Gasteiger partial charge in [0.2, 0.25) is 0 Å². The summed E-state index contributed by atoms with van der Waals surface area (Å²) in [6.07, 6.45) is 0.747. The van der Waals surface area contributed by atoms with Crippen molar-refractivity contribution in [1.29, 1.82) is 0 Å². The van der Waals surface area contributed by atoms with Crippen LogP contribution in [0, 0.1) is 6.92 Å². The second-order valence-corrected chi connectivity index (χ2v) is 5.75. The van der Waals surface area contributed by atoms with Gasteiger partial charge in [0.15, 0.2) is 0 Å². The molecule has 0 aliphatic heterocycles. The van der Waals surface area contributed by atoms with Gasteiger partial charge in [-0.15, -0.1) is 0 Å². The lowest BCUT2D eigenvalue weighted by atomic mass is 10.0. The lowest BCUT2D eigenvalue weighted by Crippen LogP contribution is -2.16. The summed E-state index contributed by atoms with van der Waals surface area (Å²) in [6.45, 7) is 4.92. The largest absolute Gasteiger partial charge is 0.324 e. The van der Waals surface area contributed by atoms with Crippen LogP contribution in [-0.2, 0) is 13.0 Å². The first kappa shape index (κ1) is 14.6. The van der Waals surface area contributed by atoms with Crippen LogP contribution in [0.4, 0.5) is 0 Å². The molecule has 0 radical (unpaired) electrons. The van der Waals surface area contributed by atoms with Gasteiger partial charge >= 0.3 is 0 Å². The lowest BCUT2D eigenvalue weighted by Gasteiger charge is -2.13. The van der Waals surface area contributed by atoms with Gasteiger partial charge in [0.25, 0.3) is 0 Å². The number of halogens is 2. The number of hydrogen-bond acceptors (Lipinski definition) is 2. The van der Waals surface area contributed by atoms with Crippen LogP contribution in [0.5, 0.6) is 0 Å². The van der Waals surface area contributed by atoms with Crippen LogP contribution in [0.1, 0.15) is 29.9 Å². The zero-order valence-electron chi connectivity index (χ0n) is 11.0. The Morgan fingerprint density at radius 3 is 2.58 bits per heavy atom. The summed E-state index contributed by atoms with van der Waals surface area (Å²) in [6, 6.07) is 7.62. The normalized spacial score (nSPS) is 12.7. The van der Waals surface area contributed by atoms with Crippen molar-refractivity contribution in [2.75, 3.05) is 0 Å². The van der Waals surface area contributed by atoms with Gasteiger partial charge in [0, 0.05) is 24.0 Å².